The number of imidazole rings is 1. The van der Waals surface area contributed by atoms with Gasteiger partial charge in [0.1, 0.15) is 0 Å². The third-order valence-corrected chi connectivity index (χ3v) is 2.79. The van der Waals surface area contributed by atoms with Gasteiger partial charge in [0.15, 0.2) is 0 Å². The minimum absolute atomic E-state index is 0.146. The molecule has 6 nitrogen and oxygen atoms in total. The summed E-state index contributed by atoms with van der Waals surface area (Å²) >= 11 is 0. The van der Waals surface area contributed by atoms with E-state index in [0.717, 1.165) is 0 Å². The molecule has 1 aromatic carbocycles. The number of hydrogen-bond donors (Lipinski definition) is 2. The highest BCUT2D eigenvalue weighted by atomic mass is 16.5. The highest BCUT2D eigenvalue weighted by Gasteiger charge is 2.18. The lowest BCUT2D eigenvalue weighted by molar-refractivity contribution is 0.0697. The van der Waals surface area contributed by atoms with Gasteiger partial charge in [-0.25, -0.2) is 9.78 Å². The normalized spacial score (nSPS) is 12.8. The number of aliphatic hydroxyl groups is 1. The predicted molar refractivity (Wildman–Crippen MR) is 64.7 cm³/mol. The molecule has 1 unspecified atom stereocenters. The zero-order valence-corrected chi connectivity index (χ0v) is 9.91. The number of fused-ring (bicyclic) bond motifs is 1. The summed E-state index contributed by atoms with van der Waals surface area (Å²) in [5, 5.41) is 18.5. The number of ether oxygens (including phenoxy) is 1. The fourth-order valence-corrected chi connectivity index (χ4v) is 1.95. The number of carboxylic acid groups (broad SMARTS) is 1. The van der Waals surface area contributed by atoms with Crippen LogP contribution in [0.2, 0.25) is 0 Å². The molecule has 1 aromatic heterocycles. The van der Waals surface area contributed by atoms with E-state index in [-0.39, 0.29) is 24.8 Å². The highest BCUT2D eigenvalue weighted by Crippen LogP contribution is 2.22. The second kappa shape index (κ2) is 5.16. The molecule has 1 heterocycles. The van der Waals surface area contributed by atoms with Crippen LogP contribution < -0.4 is 0 Å². The molecule has 18 heavy (non-hydrogen) atoms. The smallest absolute Gasteiger partial charge is 0.337 e. The van der Waals surface area contributed by atoms with Crippen LogP contribution in [-0.2, 0) is 4.74 Å². The molecule has 0 fully saturated rings. The summed E-state index contributed by atoms with van der Waals surface area (Å²) in [6, 6.07) is 4.55. The Kier molecular flexibility index (Phi) is 3.59. The molecule has 0 amide bonds. The van der Waals surface area contributed by atoms with Gasteiger partial charge >= 0.3 is 5.97 Å². The first-order valence-electron chi connectivity index (χ1n) is 5.47. The molecule has 0 radical (unpaired) electrons. The van der Waals surface area contributed by atoms with Crippen LogP contribution in [0.1, 0.15) is 16.4 Å². The maximum absolute atomic E-state index is 11.2. The standard InChI is InChI=1S/C12H14N2O4/c1-18-6-8(5-15)14-7-13-10-4-2-3-9(11(10)14)12(16)17/h2-4,7-8,15H,5-6H2,1H3,(H,16,17). The van der Waals surface area contributed by atoms with Crippen molar-refractivity contribution in [3.8, 4) is 0 Å². The number of aliphatic hydroxyl groups excluding tert-OH is 1. The second-order valence-corrected chi connectivity index (χ2v) is 3.92. The van der Waals surface area contributed by atoms with Gasteiger partial charge in [0.25, 0.3) is 0 Å². The van der Waals surface area contributed by atoms with Crippen molar-refractivity contribution in [1.82, 2.24) is 9.55 Å². The summed E-state index contributed by atoms with van der Waals surface area (Å²) in [6.07, 6.45) is 1.52. The molecule has 2 N–H and O–H groups in total. The van der Waals surface area contributed by atoms with Crippen molar-refractivity contribution in [1.29, 1.82) is 0 Å². The Bertz CT molecular complexity index is 564. The minimum Gasteiger partial charge on any atom is -0.478 e. The van der Waals surface area contributed by atoms with Crippen LogP contribution >= 0.6 is 0 Å². The van der Waals surface area contributed by atoms with E-state index >= 15 is 0 Å². The van der Waals surface area contributed by atoms with Crippen molar-refractivity contribution in [3.05, 3.63) is 30.1 Å². The fourth-order valence-electron chi connectivity index (χ4n) is 1.95. The average Bonchev–Trinajstić information content (AvgIpc) is 2.79. The van der Waals surface area contributed by atoms with Crippen LogP contribution in [0.5, 0.6) is 0 Å². The van der Waals surface area contributed by atoms with Gasteiger partial charge in [0.2, 0.25) is 0 Å². The van der Waals surface area contributed by atoms with Gasteiger partial charge in [0, 0.05) is 7.11 Å². The van der Waals surface area contributed by atoms with Gasteiger partial charge in [-0.3, -0.25) is 0 Å². The number of para-hydroxylation sites is 1. The zero-order chi connectivity index (χ0) is 13.1. The molecular weight excluding hydrogens is 236 g/mol. The molecule has 0 spiro atoms. The number of aromatic nitrogens is 2. The van der Waals surface area contributed by atoms with E-state index in [1.807, 2.05) is 0 Å². The van der Waals surface area contributed by atoms with Gasteiger partial charge in [0.05, 0.1) is 42.2 Å². The monoisotopic (exact) mass is 250 g/mol. The van der Waals surface area contributed by atoms with Crippen molar-refractivity contribution in [2.24, 2.45) is 0 Å². The second-order valence-electron chi connectivity index (χ2n) is 3.92. The molecule has 1 atom stereocenters. The minimum atomic E-state index is -1.02. The van der Waals surface area contributed by atoms with Crippen molar-refractivity contribution in [2.75, 3.05) is 20.3 Å². The highest BCUT2D eigenvalue weighted by molar-refractivity contribution is 6.01. The molecule has 0 saturated carbocycles. The van der Waals surface area contributed by atoms with E-state index in [1.54, 1.807) is 16.7 Å². The van der Waals surface area contributed by atoms with E-state index in [0.29, 0.717) is 11.0 Å². The van der Waals surface area contributed by atoms with Crippen molar-refractivity contribution in [2.45, 2.75) is 6.04 Å². The lowest BCUT2D eigenvalue weighted by Crippen LogP contribution is -2.18. The summed E-state index contributed by atoms with van der Waals surface area (Å²) in [5.41, 5.74) is 1.25. The van der Waals surface area contributed by atoms with Crippen LogP contribution in [-0.4, -0.2) is 46.1 Å². The summed E-state index contributed by atoms with van der Waals surface area (Å²) in [6.45, 7) is 0.142. The number of rotatable bonds is 5. The van der Waals surface area contributed by atoms with Gasteiger partial charge < -0.3 is 19.5 Å². The Morgan fingerprint density at radius 2 is 2.33 bits per heavy atom. The van der Waals surface area contributed by atoms with Gasteiger partial charge in [-0.15, -0.1) is 0 Å². The Balaban J connectivity index is 2.60. The molecule has 0 saturated heterocycles. The van der Waals surface area contributed by atoms with Crippen molar-refractivity contribution >= 4 is 17.0 Å². The zero-order valence-electron chi connectivity index (χ0n) is 9.91. The molecule has 0 aliphatic rings. The fraction of sp³-hybridized carbons (Fsp3) is 0.333. The SMILES string of the molecule is COCC(CO)n1cnc2cccc(C(=O)O)c21. The van der Waals surface area contributed by atoms with Crippen LogP contribution in [0.25, 0.3) is 11.0 Å². The largest absolute Gasteiger partial charge is 0.478 e. The first-order chi connectivity index (χ1) is 8.69. The van der Waals surface area contributed by atoms with Crippen LogP contribution in [0.15, 0.2) is 24.5 Å². The number of benzene rings is 1. The van der Waals surface area contributed by atoms with Crippen molar-refractivity contribution in [3.63, 3.8) is 0 Å². The molecule has 2 aromatic rings. The quantitative estimate of drug-likeness (QED) is 0.824. The van der Waals surface area contributed by atoms with Crippen LogP contribution in [0.3, 0.4) is 0 Å². The lowest BCUT2D eigenvalue weighted by atomic mass is 10.1. The number of hydrogen-bond acceptors (Lipinski definition) is 4. The molecule has 96 valence electrons. The summed E-state index contributed by atoms with van der Waals surface area (Å²) in [5.74, 6) is -1.02. The van der Waals surface area contributed by atoms with E-state index < -0.39 is 5.97 Å². The number of aromatic carboxylic acids is 1. The summed E-state index contributed by atoms with van der Waals surface area (Å²) in [4.78, 5) is 15.3. The number of nitrogens with zero attached hydrogens (tertiary/aromatic N) is 2. The molecule has 0 aliphatic heterocycles. The van der Waals surface area contributed by atoms with E-state index in [1.165, 1.54) is 19.5 Å². The predicted octanol–water partition coefficient (Wildman–Crippen LogP) is 0.914. The van der Waals surface area contributed by atoms with Gasteiger partial charge in [-0.05, 0) is 12.1 Å². The number of carbonyl (C=O) groups is 1. The Morgan fingerprint density at radius 1 is 1.56 bits per heavy atom. The van der Waals surface area contributed by atoms with Gasteiger partial charge in [-0.2, -0.15) is 0 Å². The van der Waals surface area contributed by atoms with E-state index in [4.69, 9.17) is 4.74 Å². The first-order valence-corrected chi connectivity index (χ1v) is 5.47. The molecule has 6 heteroatoms. The summed E-state index contributed by atoms with van der Waals surface area (Å²) in [7, 11) is 1.53. The lowest BCUT2D eigenvalue weighted by Gasteiger charge is -2.16. The molecule has 0 bridgehead atoms. The van der Waals surface area contributed by atoms with Crippen LogP contribution in [0.4, 0.5) is 0 Å². The molecular formula is C12H14N2O4. The maximum Gasteiger partial charge on any atom is 0.337 e. The average molecular weight is 250 g/mol. The summed E-state index contributed by atoms with van der Waals surface area (Å²) < 4.78 is 6.65. The first kappa shape index (κ1) is 12.5. The topological polar surface area (TPSA) is 84.6 Å². The Morgan fingerprint density at radius 3 is 2.94 bits per heavy atom. The Hall–Kier alpha value is -1.92. The molecule has 0 aliphatic carbocycles. The maximum atomic E-state index is 11.2. The third kappa shape index (κ3) is 2.07. The number of methoxy groups -OCH3 is 1. The van der Waals surface area contributed by atoms with Gasteiger partial charge in [-0.1, -0.05) is 6.07 Å². The molecule has 2 rings (SSSR count). The number of carboxylic acids is 1. The third-order valence-electron chi connectivity index (χ3n) is 2.79. The Labute approximate surface area is 103 Å². The van der Waals surface area contributed by atoms with E-state index in [2.05, 4.69) is 4.98 Å². The van der Waals surface area contributed by atoms with E-state index in [9.17, 15) is 15.0 Å². The van der Waals surface area contributed by atoms with Crippen molar-refractivity contribution < 1.29 is 19.7 Å². The van der Waals surface area contributed by atoms with Crippen LogP contribution in [0, 0.1) is 0 Å².